The summed E-state index contributed by atoms with van der Waals surface area (Å²) in [5, 5.41) is 0. The monoisotopic (exact) mass is 311 g/mol. The van der Waals surface area contributed by atoms with Crippen molar-refractivity contribution in [1.29, 1.82) is 0 Å². The van der Waals surface area contributed by atoms with Crippen LogP contribution in [0.25, 0.3) is 0 Å². The molecule has 0 spiro atoms. The van der Waals surface area contributed by atoms with E-state index < -0.39 is 0 Å². The van der Waals surface area contributed by atoms with Crippen molar-refractivity contribution >= 4 is 28.7 Å². The summed E-state index contributed by atoms with van der Waals surface area (Å²) in [6, 6.07) is 0. The summed E-state index contributed by atoms with van der Waals surface area (Å²) in [6.07, 6.45) is 1.04. The van der Waals surface area contributed by atoms with Crippen LogP contribution in [0, 0.1) is 5.92 Å². The van der Waals surface area contributed by atoms with Crippen LogP contribution in [0.15, 0.2) is 0 Å². The maximum atomic E-state index is 11.5. The number of carbonyl (C=O) groups is 1. The minimum atomic E-state index is -0.370. The SMILES string of the molecule is CC(C)(C)OC(=O)N1CC(CCI)C1. The Labute approximate surface area is 99.3 Å². The van der Waals surface area contributed by atoms with Crippen LogP contribution in [0.3, 0.4) is 0 Å². The molecule has 1 aliphatic heterocycles. The van der Waals surface area contributed by atoms with E-state index in [1.54, 1.807) is 4.90 Å². The molecule has 0 aromatic heterocycles. The Morgan fingerprint density at radius 3 is 2.50 bits per heavy atom. The molecule has 4 heteroatoms. The van der Waals surface area contributed by atoms with Gasteiger partial charge >= 0.3 is 6.09 Å². The van der Waals surface area contributed by atoms with E-state index in [2.05, 4.69) is 22.6 Å². The molecule has 1 amide bonds. The zero-order valence-electron chi connectivity index (χ0n) is 9.05. The molecule has 0 N–H and O–H groups in total. The molecule has 1 heterocycles. The van der Waals surface area contributed by atoms with Crippen molar-refractivity contribution in [2.45, 2.75) is 32.8 Å². The molecular weight excluding hydrogens is 293 g/mol. The van der Waals surface area contributed by atoms with Crippen molar-refractivity contribution in [1.82, 2.24) is 4.90 Å². The largest absolute Gasteiger partial charge is 0.444 e. The number of halogens is 1. The first-order valence-electron chi connectivity index (χ1n) is 4.96. The van der Waals surface area contributed by atoms with Crippen LogP contribution in [-0.4, -0.2) is 34.1 Å². The third kappa shape index (κ3) is 3.63. The van der Waals surface area contributed by atoms with Gasteiger partial charge in [0, 0.05) is 13.1 Å². The van der Waals surface area contributed by atoms with E-state index in [0.717, 1.165) is 13.1 Å². The number of hydrogen-bond donors (Lipinski definition) is 0. The Balaban J connectivity index is 2.23. The van der Waals surface area contributed by atoms with Gasteiger partial charge in [0.2, 0.25) is 0 Å². The third-order valence-corrected chi connectivity index (χ3v) is 2.75. The molecule has 0 atom stereocenters. The van der Waals surface area contributed by atoms with Crippen molar-refractivity contribution < 1.29 is 9.53 Å². The molecule has 0 aliphatic carbocycles. The average Bonchev–Trinajstić information content (AvgIpc) is 1.91. The van der Waals surface area contributed by atoms with E-state index >= 15 is 0 Å². The summed E-state index contributed by atoms with van der Waals surface area (Å²) in [5.74, 6) is 0.694. The highest BCUT2D eigenvalue weighted by Crippen LogP contribution is 2.22. The number of amides is 1. The molecular formula is C10H18INO2. The Kier molecular flexibility index (Phi) is 4.04. The molecule has 1 aliphatic rings. The van der Waals surface area contributed by atoms with Gasteiger partial charge in [-0.2, -0.15) is 0 Å². The number of ether oxygens (including phenoxy) is 1. The quantitative estimate of drug-likeness (QED) is 0.580. The molecule has 0 saturated carbocycles. The first-order valence-corrected chi connectivity index (χ1v) is 6.49. The second kappa shape index (κ2) is 4.68. The highest BCUT2D eigenvalue weighted by atomic mass is 127. The number of carbonyl (C=O) groups excluding carboxylic acids is 1. The van der Waals surface area contributed by atoms with Crippen LogP contribution in [0.2, 0.25) is 0 Å². The number of rotatable bonds is 2. The Bertz CT molecular complexity index is 207. The summed E-state index contributed by atoms with van der Waals surface area (Å²) in [4.78, 5) is 13.3. The third-order valence-electron chi connectivity index (χ3n) is 2.13. The summed E-state index contributed by atoms with van der Waals surface area (Å²) in [6.45, 7) is 7.43. The zero-order valence-corrected chi connectivity index (χ0v) is 11.2. The van der Waals surface area contributed by atoms with Gasteiger partial charge in [-0.1, -0.05) is 22.6 Å². The number of likely N-dealkylation sites (tertiary alicyclic amines) is 1. The summed E-state index contributed by atoms with van der Waals surface area (Å²) < 4.78 is 6.42. The van der Waals surface area contributed by atoms with Crippen molar-refractivity contribution in [3.05, 3.63) is 0 Å². The molecule has 1 saturated heterocycles. The summed E-state index contributed by atoms with van der Waals surface area (Å²) >= 11 is 2.37. The first-order chi connectivity index (χ1) is 6.42. The molecule has 0 radical (unpaired) electrons. The van der Waals surface area contributed by atoms with Crippen LogP contribution in [0.1, 0.15) is 27.2 Å². The Morgan fingerprint density at radius 1 is 1.50 bits per heavy atom. The van der Waals surface area contributed by atoms with E-state index in [4.69, 9.17) is 4.74 Å². The van der Waals surface area contributed by atoms with Crippen LogP contribution < -0.4 is 0 Å². The van der Waals surface area contributed by atoms with Gasteiger partial charge in [-0.05, 0) is 37.5 Å². The van der Waals surface area contributed by atoms with Gasteiger partial charge in [0.15, 0.2) is 0 Å². The van der Waals surface area contributed by atoms with E-state index in [-0.39, 0.29) is 11.7 Å². The minimum Gasteiger partial charge on any atom is -0.444 e. The first kappa shape index (κ1) is 12.1. The van der Waals surface area contributed by atoms with E-state index in [1.807, 2.05) is 20.8 Å². The van der Waals surface area contributed by atoms with Crippen molar-refractivity contribution in [2.24, 2.45) is 5.92 Å². The standard InChI is InChI=1S/C10H18INO2/c1-10(2,3)14-9(13)12-6-8(7-12)4-5-11/h8H,4-7H2,1-3H3. The fourth-order valence-electron chi connectivity index (χ4n) is 1.38. The molecule has 0 bridgehead atoms. The number of hydrogen-bond acceptors (Lipinski definition) is 2. The maximum absolute atomic E-state index is 11.5. The van der Waals surface area contributed by atoms with Gasteiger partial charge in [-0.3, -0.25) is 0 Å². The Morgan fingerprint density at radius 2 is 2.07 bits per heavy atom. The lowest BCUT2D eigenvalue weighted by molar-refractivity contribution is -0.00115. The average molecular weight is 311 g/mol. The number of alkyl halides is 1. The van der Waals surface area contributed by atoms with Crippen molar-refractivity contribution in [3.8, 4) is 0 Å². The molecule has 0 unspecified atom stereocenters. The zero-order chi connectivity index (χ0) is 10.8. The molecule has 3 nitrogen and oxygen atoms in total. The lowest BCUT2D eigenvalue weighted by Gasteiger charge is -2.39. The normalized spacial score (nSPS) is 17.9. The second-order valence-electron chi connectivity index (χ2n) is 4.73. The number of nitrogens with zero attached hydrogens (tertiary/aromatic N) is 1. The second-order valence-corrected chi connectivity index (χ2v) is 5.81. The van der Waals surface area contributed by atoms with E-state index in [1.165, 1.54) is 10.8 Å². The van der Waals surface area contributed by atoms with Crippen LogP contribution in [0.4, 0.5) is 4.79 Å². The van der Waals surface area contributed by atoms with Gasteiger partial charge < -0.3 is 9.64 Å². The molecule has 1 fully saturated rings. The van der Waals surface area contributed by atoms with E-state index in [0.29, 0.717) is 5.92 Å². The summed E-state index contributed by atoms with van der Waals surface area (Å²) in [5.41, 5.74) is -0.370. The smallest absolute Gasteiger partial charge is 0.410 e. The molecule has 0 aromatic rings. The molecule has 1 rings (SSSR count). The van der Waals surface area contributed by atoms with Gasteiger partial charge in [-0.25, -0.2) is 4.79 Å². The maximum Gasteiger partial charge on any atom is 0.410 e. The van der Waals surface area contributed by atoms with Crippen molar-refractivity contribution in [3.63, 3.8) is 0 Å². The fraction of sp³-hybridized carbons (Fsp3) is 0.900. The molecule has 82 valence electrons. The van der Waals surface area contributed by atoms with Crippen LogP contribution in [-0.2, 0) is 4.74 Å². The summed E-state index contributed by atoms with van der Waals surface area (Å²) in [7, 11) is 0. The van der Waals surface area contributed by atoms with Crippen LogP contribution in [0.5, 0.6) is 0 Å². The highest BCUT2D eigenvalue weighted by molar-refractivity contribution is 14.1. The van der Waals surface area contributed by atoms with Gasteiger partial charge in [0.25, 0.3) is 0 Å². The lowest BCUT2D eigenvalue weighted by atomic mass is 9.98. The van der Waals surface area contributed by atoms with Crippen LogP contribution >= 0.6 is 22.6 Å². The van der Waals surface area contributed by atoms with Crippen molar-refractivity contribution in [2.75, 3.05) is 17.5 Å². The molecule has 0 aromatic carbocycles. The predicted molar refractivity (Wildman–Crippen MR) is 64.8 cm³/mol. The predicted octanol–water partition coefficient (Wildman–Crippen LogP) is 2.68. The van der Waals surface area contributed by atoms with Gasteiger partial charge in [0.05, 0.1) is 0 Å². The minimum absolute atomic E-state index is 0.165. The fourth-order valence-corrected chi connectivity index (χ4v) is 2.26. The lowest BCUT2D eigenvalue weighted by Crippen LogP contribution is -2.51. The molecule has 14 heavy (non-hydrogen) atoms. The Hall–Kier alpha value is 0. The van der Waals surface area contributed by atoms with Gasteiger partial charge in [0.1, 0.15) is 5.60 Å². The van der Waals surface area contributed by atoms with E-state index in [9.17, 15) is 4.79 Å². The topological polar surface area (TPSA) is 29.5 Å². The van der Waals surface area contributed by atoms with Gasteiger partial charge in [-0.15, -0.1) is 0 Å². The highest BCUT2D eigenvalue weighted by Gasteiger charge is 2.32.